The molecule has 2 rings (SSSR count). The first-order valence-corrected chi connectivity index (χ1v) is 5.14. The van der Waals surface area contributed by atoms with E-state index in [0.717, 1.165) is 11.1 Å². The van der Waals surface area contributed by atoms with E-state index in [4.69, 9.17) is 5.11 Å². The molecule has 0 aromatic heterocycles. The van der Waals surface area contributed by atoms with E-state index < -0.39 is 5.97 Å². The zero-order valence-electron chi connectivity index (χ0n) is 9.25. The second-order valence-electron chi connectivity index (χ2n) is 4.76. The second-order valence-corrected chi connectivity index (χ2v) is 4.76. The summed E-state index contributed by atoms with van der Waals surface area (Å²) in [5.74, 6) is -1.31. The molecule has 0 saturated heterocycles. The molecule has 0 saturated carbocycles. The van der Waals surface area contributed by atoms with Gasteiger partial charge in [-0.3, -0.25) is 0 Å². The Morgan fingerprint density at radius 1 is 1.50 bits per heavy atom. The Balaban J connectivity index is 2.60. The van der Waals surface area contributed by atoms with Gasteiger partial charge < -0.3 is 5.11 Å². The average molecular weight is 220 g/mol. The molecule has 0 aliphatic heterocycles. The zero-order chi connectivity index (χ0) is 11.9. The fraction of sp³-hybridized carbons (Fsp3) is 0.308. The third-order valence-electron chi connectivity index (χ3n) is 2.99. The Morgan fingerprint density at radius 3 is 2.81 bits per heavy atom. The van der Waals surface area contributed by atoms with Crippen molar-refractivity contribution in [1.29, 1.82) is 0 Å². The number of carbonyl (C=O) groups is 1. The Kier molecular flexibility index (Phi) is 2.34. The van der Waals surface area contributed by atoms with Gasteiger partial charge in [-0.2, -0.15) is 0 Å². The summed E-state index contributed by atoms with van der Waals surface area (Å²) in [4.78, 5) is 10.7. The zero-order valence-corrected chi connectivity index (χ0v) is 9.25. The number of rotatable bonds is 1. The van der Waals surface area contributed by atoms with Crippen molar-refractivity contribution in [2.24, 2.45) is 0 Å². The number of halogens is 1. The summed E-state index contributed by atoms with van der Waals surface area (Å²) in [6, 6.07) is 4.58. The van der Waals surface area contributed by atoms with Gasteiger partial charge in [0, 0.05) is 6.08 Å². The molecular formula is C13H13FO2. The van der Waals surface area contributed by atoms with Crippen molar-refractivity contribution in [2.45, 2.75) is 25.7 Å². The van der Waals surface area contributed by atoms with Crippen LogP contribution in [0.4, 0.5) is 4.39 Å². The summed E-state index contributed by atoms with van der Waals surface area (Å²) in [6.07, 6.45) is 1.81. The van der Waals surface area contributed by atoms with Gasteiger partial charge in [-0.1, -0.05) is 19.9 Å². The molecule has 84 valence electrons. The molecule has 1 aromatic rings. The number of allylic oxidation sites excluding steroid dienone is 1. The molecule has 0 bridgehead atoms. The van der Waals surface area contributed by atoms with E-state index in [9.17, 15) is 9.18 Å². The van der Waals surface area contributed by atoms with Gasteiger partial charge in [-0.05, 0) is 40.7 Å². The summed E-state index contributed by atoms with van der Waals surface area (Å²) in [6.45, 7) is 4.07. The van der Waals surface area contributed by atoms with Crippen LogP contribution >= 0.6 is 0 Å². The first-order valence-electron chi connectivity index (χ1n) is 5.14. The smallest absolute Gasteiger partial charge is 0.328 e. The molecule has 0 fully saturated rings. The number of hydrogen-bond donors (Lipinski definition) is 1. The normalized spacial score (nSPS) is 19.8. The van der Waals surface area contributed by atoms with E-state index in [2.05, 4.69) is 0 Å². The number of aliphatic carboxylic acids is 1. The topological polar surface area (TPSA) is 37.3 Å². The summed E-state index contributed by atoms with van der Waals surface area (Å²) in [7, 11) is 0. The van der Waals surface area contributed by atoms with Crippen LogP contribution in [0.25, 0.3) is 5.57 Å². The number of fused-ring (bicyclic) bond motifs is 1. The predicted octanol–water partition coefficient (Wildman–Crippen LogP) is 2.98. The molecule has 0 radical (unpaired) electrons. The molecule has 1 N–H and O–H groups in total. The summed E-state index contributed by atoms with van der Waals surface area (Å²) < 4.78 is 13.1. The first-order chi connectivity index (χ1) is 7.40. The standard InChI is InChI=1S/C13H13FO2/c1-13(2)7-8(5-12(15)16)10-6-9(14)3-4-11(10)13/h3-6H,7H2,1-2H3,(H,15,16)/b8-5-. The molecular weight excluding hydrogens is 207 g/mol. The van der Waals surface area contributed by atoms with Gasteiger partial charge in [0.25, 0.3) is 0 Å². The molecule has 1 aromatic carbocycles. The highest BCUT2D eigenvalue weighted by atomic mass is 19.1. The maximum atomic E-state index is 13.1. The molecule has 0 spiro atoms. The highest BCUT2D eigenvalue weighted by molar-refractivity contribution is 5.92. The summed E-state index contributed by atoms with van der Waals surface area (Å²) in [5.41, 5.74) is 2.32. The molecule has 3 heteroatoms. The van der Waals surface area contributed by atoms with Crippen molar-refractivity contribution in [3.05, 3.63) is 41.2 Å². The van der Waals surface area contributed by atoms with Gasteiger partial charge in [0.05, 0.1) is 0 Å². The lowest BCUT2D eigenvalue weighted by Gasteiger charge is -2.17. The van der Waals surface area contributed by atoms with Gasteiger partial charge in [0.2, 0.25) is 0 Å². The van der Waals surface area contributed by atoms with Crippen molar-refractivity contribution < 1.29 is 14.3 Å². The van der Waals surface area contributed by atoms with E-state index in [-0.39, 0.29) is 11.2 Å². The van der Waals surface area contributed by atoms with Crippen molar-refractivity contribution in [1.82, 2.24) is 0 Å². The van der Waals surface area contributed by atoms with Gasteiger partial charge in [0.15, 0.2) is 0 Å². The Hall–Kier alpha value is -1.64. The van der Waals surface area contributed by atoms with Crippen LogP contribution in [0.15, 0.2) is 24.3 Å². The van der Waals surface area contributed by atoms with Crippen molar-refractivity contribution in [3.63, 3.8) is 0 Å². The second kappa shape index (κ2) is 3.44. The molecule has 1 aliphatic carbocycles. The Labute approximate surface area is 93.4 Å². The quantitative estimate of drug-likeness (QED) is 0.739. The van der Waals surface area contributed by atoms with Crippen LogP contribution in [0.5, 0.6) is 0 Å². The lowest BCUT2D eigenvalue weighted by Crippen LogP contribution is -2.11. The maximum absolute atomic E-state index is 13.1. The molecule has 1 aliphatic rings. The highest BCUT2D eigenvalue weighted by Crippen LogP contribution is 2.45. The molecule has 2 nitrogen and oxygen atoms in total. The van der Waals surface area contributed by atoms with Crippen molar-refractivity contribution in [2.75, 3.05) is 0 Å². The van der Waals surface area contributed by atoms with E-state index in [1.807, 2.05) is 13.8 Å². The van der Waals surface area contributed by atoms with Crippen molar-refractivity contribution in [3.8, 4) is 0 Å². The Bertz CT molecular complexity index is 487. The van der Waals surface area contributed by atoms with Gasteiger partial charge in [-0.25, -0.2) is 9.18 Å². The van der Waals surface area contributed by atoms with Gasteiger partial charge in [-0.15, -0.1) is 0 Å². The maximum Gasteiger partial charge on any atom is 0.328 e. The predicted molar refractivity (Wildman–Crippen MR) is 59.7 cm³/mol. The molecule has 0 amide bonds. The van der Waals surface area contributed by atoms with Gasteiger partial charge >= 0.3 is 5.97 Å². The largest absolute Gasteiger partial charge is 0.478 e. The SMILES string of the molecule is CC1(C)C/C(=C/C(=O)O)c2cc(F)ccc21. The minimum atomic E-state index is -0.983. The molecule has 16 heavy (non-hydrogen) atoms. The van der Waals surface area contributed by atoms with Gasteiger partial charge in [0.1, 0.15) is 5.82 Å². The van der Waals surface area contributed by atoms with E-state index in [0.29, 0.717) is 12.0 Å². The van der Waals surface area contributed by atoms with Crippen LogP contribution in [-0.4, -0.2) is 11.1 Å². The number of benzene rings is 1. The van der Waals surface area contributed by atoms with E-state index in [1.54, 1.807) is 6.07 Å². The van der Waals surface area contributed by atoms with E-state index >= 15 is 0 Å². The fourth-order valence-corrected chi connectivity index (χ4v) is 2.32. The molecule has 0 heterocycles. The summed E-state index contributed by atoms with van der Waals surface area (Å²) in [5, 5.41) is 8.77. The highest BCUT2D eigenvalue weighted by Gasteiger charge is 2.33. The number of carboxylic acids is 1. The minimum absolute atomic E-state index is 0.121. The number of hydrogen-bond acceptors (Lipinski definition) is 1. The minimum Gasteiger partial charge on any atom is -0.478 e. The first kappa shape index (κ1) is 10.9. The number of carboxylic acid groups (broad SMARTS) is 1. The average Bonchev–Trinajstić information content (AvgIpc) is 2.37. The van der Waals surface area contributed by atoms with Crippen LogP contribution in [0.1, 0.15) is 31.4 Å². The third-order valence-corrected chi connectivity index (χ3v) is 2.99. The van der Waals surface area contributed by atoms with Crippen molar-refractivity contribution >= 4 is 11.5 Å². The molecule has 0 unspecified atom stereocenters. The third kappa shape index (κ3) is 1.73. The fourth-order valence-electron chi connectivity index (χ4n) is 2.32. The van der Waals surface area contributed by atoms with Crippen LogP contribution < -0.4 is 0 Å². The van der Waals surface area contributed by atoms with Crippen LogP contribution in [0, 0.1) is 5.82 Å². The Morgan fingerprint density at radius 2 is 2.19 bits per heavy atom. The summed E-state index contributed by atoms with van der Waals surface area (Å²) >= 11 is 0. The molecule has 0 atom stereocenters. The van der Waals surface area contributed by atoms with Crippen LogP contribution in [0.3, 0.4) is 0 Å². The van der Waals surface area contributed by atoms with Crippen LogP contribution in [0.2, 0.25) is 0 Å². The monoisotopic (exact) mass is 220 g/mol. The lowest BCUT2D eigenvalue weighted by atomic mass is 9.86. The van der Waals surface area contributed by atoms with E-state index in [1.165, 1.54) is 18.2 Å². The lowest BCUT2D eigenvalue weighted by molar-refractivity contribution is -0.131. The van der Waals surface area contributed by atoms with Crippen LogP contribution in [-0.2, 0) is 10.2 Å².